The van der Waals surface area contributed by atoms with Gasteiger partial charge < -0.3 is 5.32 Å². The second kappa shape index (κ2) is 8.20. The number of nitrogens with zero attached hydrogens (tertiary/aromatic N) is 4. The first-order valence-electron chi connectivity index (χ1n) is 8.37. The maximum atomic E-state index is 12.8. The van der Waals surface area contributed by atoms with Gasteiger partial charge in [-0.2, -0.15) is 13.2 Å². The summed E-state index contributed by atoms with van der Waals surface area (Å²) in [7, 11) is -4.31. The monoisotopic (exact) mass is 440 g/mol. The summed E-state index contributed by atoms with van der Waals surface area (Å²) in [6.07, 6.45) is -3.28. The van der Waals surface area contributed by atoms with Crippen LogP contribution in [-0.2, 0) is 21.0 Å². The van der Waals surface area contributed by atoms with Crippen LogP contribution in [0.3, 0.4) is 0 Å². The van der Waals surface area contributed by atoms with E-state index in [0.29, 0.717) is 17.4 Å². The van der Waals surface area contributed by atoms with Crippen molar-refractivity contribution in [1.82, 2.24) is 24.9 Å². The van der Waals surface area contributed by atoms with E-state index in [9.17, 15) is 26.4 Å². The van der Waals surface area contributed by atoms with Crippen molar-refractivity contribution in [2.45, 2.75) is 18.0 Å². The molecule has 0 atom stereocenters. The van der Waals surface area contributed by atoms with Crippen molar-refractivity contribution in [1.29, 1.82) is 0 Å². The van der Waals surface area contributed by atoms with Gasteiger partial charge in [-0.3, -0.25) is 4.79 Å². The first kappa shape index (κ1) is 21.4. The summed E-state index contributed by atoms with van der Waals surface area (Å²) in [5.41, 5.74) is 0.716. The predicted molar refractivity (Wildman–Crippen MR) is 99.2 cm³/mol. The van der Waals surface area contributed by atoms with Gasteiger partial charge in [0.2, 0.25) is 15.9 Å². The number of anilines is 1. The highest BCUT2D eigenvalue weighted by atomic mass is 32.2. The van der Waals surface area contributed by atoms with Crippen molar-refractivity contribution in [2.75, 3.05) is 11.9 Å². The van der Waals surface area contributed by atoms with E-state index in [2.05, 4.69) is 20.8 Å². The van der Waals surface area contributed by atoms with Gasteiger partial charge in [0.05, 0.1) is 22.7 Å². The zero-order valence-electron chi connectivity index (χ0n) is 15.4. The van der Waals surface area contributed by atoms with Crippen LogP contribution in [-0.4, -0.2) is 41.1 Å². The molecular weight excluding hydrogens is 425 g/mol. The summed E-state index contributed by atoms with van der Waals surface area (Å²) in [6.45, 7) is 1.11. The van der Waals surface area contributed by atoms with Crippen molar-refractivity contribution in [2.24, 2.45) is 0 Å². The number of hydrogen-bond acceptors (Lipinski definition) is 6. The number of rotatable bonds is 6. The van der Waals surface area contributed by atoms with E-state index in [-0.39, 0.29) is 0 Å². The minimum Gasteiger partial charge on any atom is -0.325 e. The van der Waals surface area contributed by atoms with Crippen LogP contribution in [0.1, 0.15) is 11.1 Å². The van der Waals surface area contributed by atoms with E-state index in [4.69, 9.17) is 0 Å². The Kier molecular flexibility index (Phi) is 5.85. The third-order valence-corrected chi connectivity index (χ3v) is 5.37. The zero-order valence-corrected chi connectivity index (χ0v) is 16.2. The van der Waals surface area contributed by atoms with Crippen LogP contribution >= 0.6 is 0 Å². The number of halogens is 3. The van der Waals surface area contributed by atoms with Gasteiger partial charge in [0.1, 0.15) is 6.33 Å². The third kappa shape index (κ3) is 4.99. The Bertz CT molecular complexity index is 1160. The molecule has 0 aliphatic carbocycles. The molecule has 3 aromatic rings. The minimum atomic E-state index is -4.69. The molecule has 158 valence electrons. The topological polar surface area (TPSA) is 119 Å². The Balaban J connectivity index is 1.65. The van der Waals surface area contributed by atoms with Crippen LogP contribution in [0.2, 0.25) is 0 Å². The SMILES string of the molecule is Cc1cc(NC(=O)CNS(=O)(=O)c2cccc(C(F)(F)F)c2)ccc1-n1cnnn1. The van der Waals surface area contributed by atoms with Gasteiger partial charge in [-0.05, 0) is 59.3 Å². The standard InChI is InChI=1S/C17H15F3N6O3S/c1-11-7-13(5-6-15(11)26-10-21-24-25-26)23-16(27)9-22-30(28,29)14-4-2-3-12(8-14)17(18,19)20/h2-8,10,22H,9H2,1H3,(H,23,27). The molecule has 0 fully saturated rings. The number of sulfonamides is 1. The smallest absolute Gasteiger partial charge is 0.325 e. The van der Waals surface area contributed by atoms with Gasteiger partial charge in [-0.15, -0.1) is 5.10 Å². The lowest BCUT2D eigenvalue weighted by Crippen LogP contribution is -2.33. The van der Waals surface area contributed by atoms with Crippen LogP contribution in [0.5, 0.6) is 0 Å². The molecule has 30 heavy (non-hydrogen) atoms. The Morgan fingerprint density at radius 1 is 1.17 bits per heavy atom. The van der Waals surface area contributed by atoms with E-state index < -0.39 is 39.1 Å². The van der Waals surface area contributed by atoms with E-state index in [1.165, 1.54) is 11.0 Å². The number of aromatic nitrogens is 4. The van der Waals surface area contributed by atoms with Gasteiger partial charge in [0.25, 0.3) is 0 Å². The van der Waals surface area contributed by atoms with Crippen LogP contribution in [0, 0.1) is 6.92 Å². The Morgan fingerprint density at radius 3 is 2.57 bits per heavy atom. The normalized spacial score (nSPS) is 12.0. The molecule has 0 spiro atoms. The fourth-order valence-electron chi connectivity index (χ4n) is 2.55. The Labute approximate surface area is 169 Å². The van der Waals surface area contributed by atoms with Crippen molar-refractivity contribution in [3.63, 3.8) is 0 Å². The highest BCUT2D eigenvalue weighted by molar-refractivity contribution is 7.89. The van der Waals surface area contributed by atoms with E-state index >= 15 is 0 Å². The summed E-state index contributed by atoms with van der Waals surface area (Å²) in [6, 6.07) is 8.12. The maximum absolute atomic E-state index is 12.8. The van der Waals surface area contributed by atoms with Crippen LogP contribution in [0.25, 0.3) is 5.69 Å². The molecule has 2 aromatic carbocycles. The van der Waals surface area contributed by atoms with Crippen LogP contribution < -0.4 is 10.0 Å². The fourth-order valence-corrected chi connectivity index (χ4v) is 3.58. The van der Waals surface area contributed by atoms with E-state index in [0.717, 1.165) is 23.8 Å². The molecule has 0 radical (unpaired) electrons. The first-order chi connectivity index (χ1) is 14.1. The summed E-state index contributed by atoms with van der Waals surface area (Å²) < 4.78 is 66.2. The summed E-state index contributed by atoms with van der Waals surface area (Å²) in [4.78, 5) is 11.5. The molecule has 1 heterocycles. The average Bonchev–Trinajstić information content (AvgIpc) is 3.20. The molecule has 0 unspecified atom stereocenters. The third-order valence-electron chi connectivity index (χ3n) is 3.97. The van der Waals surface area contributed by atoms with Crippen molar-refractivity contribution >= 4 is 21.6 Å². The number of carbonyl (C=O) groups is 1. The van der Waals surface area contributed by atoms with Crippen LogP contribution in [0.4, 0.5) is 18.9 Å². The minimum absolute atomic E-state index is 0.396. The summed E-state index contributed by atoms with van der Waals surface area (Å²) in [5.74, 6) is -0.694. The number of alkyl halides is 3. The molecule has 1 amide bonds. The number of amides is 1. The molecule has 0 aliphatic rings. The molecule has 3 rings (SSSR count). The second-order valence-corrected chi connectivity index (χ2v) is 7.92. The van der Waals surface area contributed by atoms with Crippen molar-refractivity contribution in [3.8, 4) is 5.69 Å². The second-order valence-electron chi connectivity index (χ2n) is 6.15. The summed E-state index contributed by atoms with van der Waals surface area (Å²) in [5, 5.41) is 13.3. The lowest BCUT2D eigenvalue weighted by molar-refractivity contribution is -0.137. The largest absolute Gasteiger partial charge is 0.416 e. The zero-order chi connectivity index (χ0) is 21.9. The highest BCUT2D eigenvalue weighted by Crippen LogP contribution is 2.30. The molecule has 0 saturated carbocycles. The molecule has 13 heteroatoms. The number of aryl methyl sites for hydroxylation is 1. The molecule has 9 nitrogen and oxygen atoms in total. The number of carbonyl (C=O) groups excluding carboxylic acids is 1. The molecule has 2 N–H and O–H groups in total. The van der Waals surface area contributed by atoms with Gasteiger partial charge in [-0.1, -0.05) is 6.07 Å². The van der Waals surface area contributed by atoms with Crippen LogP contribution in [0.15, 0.2) is 53.7 Å². The Hall–Kier alpha value is -3.32. The number of benzene rings is 2. The molecule has 1 aromatic heterocycles. The molecule has 0 bridgehead atoms. The van der Waals surface area contributed by atoms with Gasteiger partial charge >= 0.3 is 6.18 Å². The molecule has 0 saturated heterocycles. The number of nitrogens with one attached hydrogen (secondary N) is 2. The van der Waals surface area contributed by atoms with Gasteiger partial charge in [0, 0.05) is 5.69 Å². The van der Waals surface area contributed by atoms with E-state index in [1.807, 2.05) is 4.72 Å². The van der Waals surface area contributed by atoms with Crippen molar-refractivity contribution < 1.29 is 26.4 Å². The van der Waals surface area contributed by atoms with Crippen molar-refractivity contribution in [3.05, 3.63) is 59.9 Å². The highest BCUT2D eigenvalue weighted by Gasteiger charge is 2.31. The Morgan fingerprint density at radius 2 is 1.93 bits per heavy atom. The lowest BCUT2D eigenvalue weighted by atomic mass is 10.2. The number of tetrazole rings is 1. The lowest BCUT2D eigenvalue weighted by Gasteiger charge is -2.11. The number of hydrogen-bond donors (Lipinski definition) is 2. The van der Waals surface area contributed by atoms with Gasteiger partial charge in [0.15, 0.2) is 0 Å². The molecule has 0 aliphatic heterocycles. The first-order valence-corrected chi connectivity index (χ1v) is 9.85. The predicted octanol–water partition coefficient (Wildman–Crippen LogP) is 1.91. The molecular formula is C17H15F3N6O3S. The fraction of sp³-hybridized carbons (Fsp3) is 0.176. The summed E-state index contributed by atoms with van der Waals surface area (Å²) >= 11 is 0. The average molecular weight is 440 g/mol. The maximum Gasteiger partial charge on any atom is 0.416 e. The van der Waals surface area contributed by atoms with E-state index in [1.54, 1.807) is 25.1 Å². The quantitative estimate of drug-likeness (QED) is 0.604. The van der Waals surface area contributed by atoms with Gasteiger partial charge in [-0.25, -0.2) is 17.8 Å².